The first kappa shape index (κ1) is 17.2. The van der Waals surface area contributed by atoms with E-state index in [1.165, 1.54) is 20.9 Å². The van der Waals surface area contributed by atoms with Gasteiger partial charge in [-0.2, -0.15) is 18.3 Å². The number of hydrogen-bond acceptors (Lipinski definition) is 3. The number of alkyl halides is 3. The third-order valence-electron chi connectivity index (χ3n) is 3.54. The minimum absolute atomic E-state index is 0.179. The van der Waals surface area contributed by atoms with Crippen LogP contribution in [-0.4, -0.2) is 34.7 Å². The number of rotatable bonds is 3. The molecular weight excluding hydrogens is 351 g/mol. The van der Waals surface area contributed by atoms with Gasteiger partial charge in [0.25, 0.3) is 5.91 Å². The molecule has 130 valence electrons. The molecule has 0 unspecified atom stereocenters. The number of carbonyl (C=O) groups is 1. The van der Waals surface area contributed by atoms with Crippen LogP contribution in [0.25, 0.3) is 16.3 Å². The summed E-state index contributed by atoms with van der Waals surface area (Å²) in [6.45, 7) is 0. The fourth-order valence-electron chi connectivity index (χ4n) is 2.32. The number of benzene rings is 1. The van der Waals surface area contributed by atoms with Crippen molar-refractivity contribution in [3.63, 3.8) is 0 Å². The van der Waals surface area contributed by atoms with Gasteiger partial charge in [-0.3, -0.25) is 4.79 Å². The van der Waals surface area contributed by atoms with Gasteiger partial charge < -0.3 is 4.90 Å². The predicted octanol–water partition coefficient (Wildman–Crippen LogP) is 4.32. The molecule has 0 aliphatic carbocycles. The summed E-state index contributed by atoms with van der Waals surface area (Å²) < 4.78 is 40.5. The molecule has 0 fully saturated rings. The second kappa shape index (κ2) is 6.36. The summed E-state index contributed by atoms with van der Waals surface area (Å²) in [5.74, 6) is -0.179. The highest BCUT2D eigenvalue weighted by molar-refractivity contribution is 7.13. The van der Waals surface area contributed by atoms with Gasteiger partial charge >= 0.3 is 6.18 Å². The van der Waals surface area contributed by atoms with Crippen LogP contribution in [0.15, 0.2) is 47.8 Å². The van der Waals surface area contributed by atoms with E-state index in [1.807, 2.05) is 0 Å². The van der Waals surface area contributed by atoms with Crippen molar-refractivity contribution in [1.29, 1.82) is 0 Å². The Bertz CT molecular complexity index is 881. The molecule has 0 saturated heterocycles. The van der Waals surface area contributed by atoms with E-state index < -0.39 is 11.9 Å². The Morgan fingerprint density at radius 1 is 1.16 bits per heavy atom. The Morgan fingerprint density at radius 3 is 2.36 bits per heavy atom. The van der Waals surface area contributed by atoms with Gasteiger partial charge in [-0.15, -0.1) is 11.3 Å². The maximum absolute atomic E-state index is 13.1. The highest BCUT2D eigenvalue weighted by atomic mass is 32.1. The standard InChI is InChI=1S/C17H14F3N3OS/c1-22(2)16(24)11-5-7-12(8-6-11)23-13(14-4-3-9-25-14)10-15(21-23)17(18,19)20/h3-10H,1-2H3. The number of hydrogen-bond donors (Lipinski definition) is 0. The van der Waals surface area contributed by atoms with Crippen molar-refractivity contribution < 1.29 is 18.0 Å². The smallest absolute Gasteiger partial charge is 0.345 e. The Labute approximate surface area is 146 Å². The van der Waals surface area contributed by atoms with Crippen molar-refractivity contribution in [3.05, 3.63) is 59.1 Å². The lowest BCUT2D eigenvalue weighted by molar-refractivity contribution is -0.141. The van der Waals surface area contributed by atoms with Crippen molar-refractivity contribution in [2.45, 2.75) is 6.18 Å². The minimum Gasteiger partial charge on any atom is -0.345 e. The monoisotopic (exact) mass is 365 g/mol. The lowest BCUT2D eigenvalue weighted by atomic mass is 10.2. The van der Waals surface area contributed by atoms with E-state index in [1.54, 1.807) is 55.9 Å². The van der Waals surface area contributed by atoms with Gasteiger partial charge in [0.1, 0.15) is 0 Å². The number of nitrogens with zero attached hydrogens (tertiary/aromatic N) is 3. The molecule has 0 aliphatic heterocycles. The van der Waals surface area contributed by atoms with Gasteiger partial charge in [0.2, 0.25) is 0 Å². The van der Waals surface area contributed by atoms with Gasteiger partial charge in [0.15, 0.2) is 5.69 Å². The first-order valence-electron chi connectivity index (χ1n) is 7.30. The molecule has 0 bridgehead atoms. The molecule has 2 aromatic heterocycles. The van der Waals surface area contributed by atoms with Crippen LogP contribution >= 0.6 is 11.3 Å². The van der Waals surface area contributed by atoms with Crippen LogP contribution < -0.4 is 0 Å². The average molecular weight is 365 g/mol. The Morgan fingerprint density at radius 2 is 1.84 bits per heavy atom. The molecular formula is C17H14F3N3OS. The van der Waals surface area contributed by atoms with E-state index in [9.17, 15) is 18.0 Å². The van der Waals surface area contributed by atoms with Gasteiger partial charge in [0.05, 0.1) is 16.3 Å². The van der Waals surface area contributed by atoms with E-state index in [0.29, 0.717) is 21.8 Å². The van der Waals surface area contributed by atoms with Crippen molar-refractivity contribution in [1.82, 2.24) is 14.7 Å². The van der Waals surface area contributed by atoms with Crippen LogP contribution in [0, 0.1) is 0 Å². The summed E-state index contributed by atoms with van der Waals surface area (Å²) in [6, 6.07) is 10.9. The quantitative estimate of drug-likeness (QED) is 0.693. The van der Waals surface area contributed by atoms with E-state index in [0.717, 1.165) is 6.07 Å². The second-order valence-electron chi connectivity index (χ2n) is 5.55. The molecule has 2 heterocycles. The normalized spacial score (nSPS) is 11.6. The van der Waals surface area contributed by atoms with Crippen LogP contribution in [0.2, 0.25) is 0 Å². The van der Waals surface area contributed by atoms with Crippen LogP contribution in [0.5, 0.6) is 0 Å². The van der Waals surface area contributed by atoms with Crippen LogP contribution in [-0.2, 0) is 6.18 Å². The first-order chi connectivity index (χ1) is 11.8. The molecule has 3 aromatic rings. The zero-order valence-electron chi connectivity index (χ0n) is 13.4. The average Bonchev–Trinajstić information content (AvgIpc) is 3.22. The van der Waals surface area contributed by atoms with Crippen molar-refractivity contribution in [3.8, 4) is 16.3 Å². The number of aromatic nitrogens is 2. The zero-order valence-corrected chi connectivity index (χ0v) is 14.2. The van der Waals surface area contributed by atoms with E-state index in [2.05, 4.69) is 5.10 Å². The third-order valence-corrected chi connectivity index (χ3v) is 4.43. The van der Waals surface area contributed by atoms with Gasteiger partial charge in [-0.1, -0.05) is 6.07 Å². The topological polar surface area (TPSA) is 38.1 Å². The number of thiophene rings is 1. The molecule has 0 atom stereocenters. The van der Waals surface area contributed by atoms with E-state index in [-0.39, 0.29) is 5.91 Å². The maximum atomic E-state index is 13.1. The summed E-state index contributed by atoms with van der Waals surface area (Å²) in [4.78, 5) is 14.0. The van der Waals surface area contributed by atoms with Crippen molar-refractivity contribution in [2.75, 3.05) is 14.1 Å². The second-order valence-corrected chi connectivity index (χ2v) is 6.50. The van der Waals surface area contributed by atoms with E-state index in [4.69, 9.17) is 0 Å². The molecule has 0 N–H and O–H groups in total. The van der Waals surface area contributed by atoms with Gasteiger partial charge in [-0.25, -0.2) is 4.68 Å². The Hall–Kier alpha value is -2.61. The SMILES string of the molecule is CN(C)C(=O)c1ccc(-n2nc(C(F)(F)F)cc2-c2cccs2)cc1. The molecule has 0 saturated carbocycles. The van der Waals surface area contributed by atoms with Crippen molar-refractivity contribution in [2.24, 2.45) is 0 Å². The molecule has 0 radical (unpaired) electrons. The lowest BCUT2D eigenvalue weighted by Gasteiger charge is -2.11. The molecule has 0 aliphatic rings. The van der Waals surface area contributed by atoms with E-state index >= 15 is 0 Å². The summed E-state index contributed by atoms with van der Waals surface area (Å²) in [5, 5.41) is 5.51. The summed E-state index contributed by atoms with van der Waals surface area (Å²) in [7, 11) is 3.27. The first-order valence-corrected chi connectivity index (χ1v) is 8.18. The number of amides is 1. The zero-order chi connectivity index (χ0) is 18.2. The fraction of sp³-hybridized carbons (Fsp3) is 0.176. The Kier molecular flexibility index (Phi) is 4.38. The molecule has 0 spiro atoms. The molecule has 3 rings (SSSR count). The van der Waals surface area contributed by atoms with Gasteiger partial charge in [0, 0.05) is 19.7 Å². The predicted molar refractivity (Wildman–Crippen MR) is 89.9 cm³/mol. The van der Waals surface area contributed by atoms with Gasteiger partial charge in [-0.05, 0) is 41.8 Å². The Balaban J connectivity index is 2.07. The largest absolute Gasteiger partial charge is 0.435 e. The molecule has 1 aromatic carbocycles. The molecule has 1 amide bonds. The summed E-state index contributed by atoms with van der Waals surface area (Å²) in [5.41, 5.74) is 0.308. The lowest BCUT2D eigenvalue weighted by Crippen LogP contribution is -2.21. The highest BCUT2D eigenvalue weighted by Gasteiger charge is 2.35. The third kappa shape index (κ3) is 3.43. The summed E-state index contributed by atoms with van der Waals surface area (Å²) >= 11 is 1.33. The highest BCUT2D eigenvalue weighted by Crippen LogP contribution is 2.34. The van der Waals surface area contributed by atoms with Crippen LogP contribution in [0.4, 0.5) is 13.2 Å². The fourth-order valence-corrected chi connectivity index (χ4v) is 3.05. The van der Waals surface area contributed by atoms with Crippen molar-refractivity contribution >= 4 is 17.2 Å². The number of halogens is 3. The molecule has 25 heavy (non-hydrogen) atoms. The maximum Gasteiger partial charge on any atom is 0.435 e. The number of carbonyl (C=O) groups excluding carboxylic acids is 1. The van der Waals surface area contributed by atoms with Crippen LogP contribution in [0.3, 0.4) is 0 Å². The summed E-state index contributed by atoms with van der Waals surface area (Å²) in [6.07, 6.45) is -4.53. The molecule has 8 heteroatoms. The van der Waals surface area contributed by atoms with Crippen LogP contribution in [0.1, 0.15) is 16.1 Å². The minimum atomic E-state index is -4.53. The molecule has 4 nitrogen and oxygen atoms in total.